The molecule has 1 saturated heterocycles. The summed E-state index contributed by atoms with van der Waals surface area (Å²) in [5.41, 5.74) is 1.27. The van der Waals surface area contributed by atoms with Crippen LogP contribution in [0.25, 0.3) is 0 Å². The van der Waals surface area contributed by atoms with E-state index < -0.39 is 10.0 Å². The Hall–Kier alpha value is -1.64. The first-order chi connectivity index (χ1) is 12.1. The minimum absolute atomic E-state index is 0.124. The van der Waals surface area contributed by atoms with Gasteiger partial charge in [-0.1, -0.05) is 6.92 Å². The second kappa shape index (κ2) is 8.37. The van der Waals surface area contributed by atoms with Gasteiger partial charge in [0.25, 0.3) is 0 Å². The fourth-order valence-electron chi connectivity index (χ4n) is 3.20. The van der Waals surface area contributed by atoms with Crippen molar-refractivity contribution >= 4 is 27.3 Å². The van der Waals surface area contributed by atoms with Crippen LogP contribution in [-0.4, -0.2) is 71.4 Å². The van der Waals surface area contributed by atoms with E-state index in [2.05, 4.69) is 17.1 Å². The van der Waals surface area contributed by atoms with E-state index in [-0.39, 0.29) is 10.8 Å². The Morgan fingerprint density at radius 3 is 2.54 bits per heavy atom. The summed E-state index contributed by atoms with van der Waals surface area (Å²) in [6.45, 7) is 4.36. The Morgan fingerprint density at radius 2 is 1.96 bits per heavy atom. The van der Waals surface area contributed by atoms with Gasteiger partial charge in [0.05, 0.1) is 22.8 Å². The molecule has 1 fully saturated rings. The van der Waals surface area contributed by atoms with Crippen molar-refractivity contribution in [1.29, 1.82) is 0 Å². The van der Waals surface area contributed by atoms with Crippen molar-refractivity contribution in [3.63, 3.8) is 0 Å². The maximum Gasteiger partial charge on any atom is 0.242 e. The summed E-state index contributed by atoms with van der Waals surface area (Å²) in [5, 5.41) is 2.90. The SMILES string of the molecule is C[C@@H]1CCCN(CC(=O)Nc2cc(S(=O)(=O)N(C)C)ccc2N(C)C)C1. The highest BCUT2D eigenvalue weighted by molar-refractivity contribution is 7.89. The lowest BCUT2D eigenvalue weighted by Crippen LogP contribution is -2.39. The molecular weight excluding hydrogens is 352 g/mol. The first-order valence-corrected chi connectivity index (χ1v) is 10.3. The van der Waals surface area contributed by atoms with E-state index >= 15 is 0 Å². The summed E-state index contributed by atoms with van der Waals surface area (Å²) in [4.78, 5) is 16.7. The molecule has 0 radical (unpaired) electrons. The van der Waals surface area contributed by atoms with Gasteiger partial charge in [-0.05, 0) is 43.5 Å². The number of hydrogen-bond acceptors (Lipinski definition) is 5. The molecule has 1 amide bonds. The molecule has 1 atom stereocenters. The second-order valence-corrected chi connectivity index (χ2v) is 9.54. The molecule has 7 nitrogen and oxygen atoms in total. The average Bonchev–Trinajstić information content (AvgIpc) is 2.54. The van der Waals surface area contributed by atoms with Crippen LogP contribution in [0, 0.1) is 5.92 Å². The van der Waals surface area contributed by atoms with E-state index in [0.717, 1.165) is 25.2 Å². The van der Waals surface area contributed by atoms with E-state index in [9.17, 15) is 13.2 Å². The molecule has 1 heterocycles. The molecule has 1 aromatic rings. The summed E-state index contributed by atoms with van der Waals surface area (Å²) in [7, 11) is 3.14. The Bertz CT molecular complexity index is 747. The number of likely N-dealkylation sites (tertiary alicyclic amines) is 1. The molecule has 0 unspecified atom stereocenters. The molecule has 2 rings (SSSR count). The average molecular weight is 383 g/mol. The monoisotopic (exact) mass is 382 g/mol. The van der Waals surface area contributed by atoms with Gasteiger partial charge in [0.1, 0.15) is 0 Å². The summed E-state index contributed by atoms with van der Waals surface area (Å²) < 4.78 is 26.0. The smallest absolute Gasteiger partial charge is 0.242 e. The van der Waals surface area contributed by atoms with E-state index in [1.54, 1.807) is 12.1 Å². The van der Waals surface area contributed by atoms with Gasteiger partial charge >= 0.3 is 0 Å². The van der Waals surface area contributed by atoms with Crippen LogP contribution in [-0.2, 0) is 14.8 Å². The fraction of sp³-hybridized carbons (Fsp3) is 0.611. The zero-order valence-electron chi connectivity index (χ0n) is 16.3. The van der Waals surface area contributed by atoms with Crippen LogP contribution in [0.5, 0.6) is 0 Å². The molecule has 0 spiro atoms. The zero-order valence-corrected chi connectivity index (χ0v) is 17.1. The molecule has 1 aromatic carbocycles. The highest BCUT2D eigenvalue weighted by atomic mass is 32.2. The summed E-state index contributed by atoms with van der Waals surface area (Å²) in [5.74, 6) is 0.476. The normalized spacial score (nSPS) is 18.8. The number of carbonyl (C=O) groups is 1. The Balaban J connectivity index is 2.21. The van der Waals surface area contributed by atoms with Gasteiger partial charge in [0.15, 0.2) is 0 Å². The van der Waals surface area contributed by atoms with Crippen molar-refractivity contribution in [1.82, 2.24) is 9.21 Å². The number of benzene rings is 1. The number of rotatable bonds is 6. The minimum atomic E-state index is -3.56. The first-order valence-electron chi connectivity index (χ1n) is 8.87. The standard InChI is InChI=1S/C18H30N4O3S/c1-14-7-6-10-22(12-14)13-18(23)19-16-11-15(26(24,25)21(4)5)8-9-17(16)20(2)3/h8-9,11,14H,6-7,10,12-13H2,1-5H3,(H,19,23)/t14-/m1/s1. The van der Waals surface area contributed by atoms with Crippen LogP contribution in [0.4, 0.5) is 11.4 Å². The molecular formula is C18H30N4O3S. The zero-order chi connectivity index (χ0) is 19.5. The lowest BCUT2D eigenvalue weighted by molar-refractivity contribution is -0.117. The van der Waals surface area contributed by atoms with Crippen molar-refractivity contribution in [3.05, 3.63) is 18.2 Å². The quantitative estimate of drug-likeness (QED) is 0.810. The number of carbonyl (C=O) groups excluding carboxylic acids is 1. The van der Waals surface area contributed by atoms with E-state index in [1.807, 2.05) is 19.0 Å². The van der Waals surface area contributed by atoms with Crippen molar-refractivity contribution in [2.45, 2.75) is 24.7 Å². The molecule has 1 aliphatic heterocycles. The van der Waals surface area contributed by atoms with Crippen LogP contribution >= 0.6 is 0 Å². The third kappa shape index (κ3) is 4.96. The predicted molar refractivity (Wildman–Crippen MR) is 105 cm³/mol. The van der Waals surface area contributed by atoms with Crippen molar-refractivity contribution in [3.8, 4) is 0 Å². The number of hydrogen-bond donors (Lipinski definition) is 1. The molecule has 0 saturated carbocycles. The topological polar surface area (TPSA) is 73.0 Å². The van der Waals surface area contributed by atoms with Gasteiger partial charge in [-0.25, -0.2) is 12.7 Å². The molecule has 0 aliphatic carbocycles. The van der Waals surface area contributed by atoms with Gasteiger partial charge in [-0.15, -0.1) is 0 Å². The number of sulfonamides is 1. The van der Waals surface area contributed by atoms with Crippen LogP contribution < -0.4 is 10.2 Å². The van der Waals surface area contributed by atoms with Gasteiger partial charge in [0.2, 0.25) is 15.9 Å². The van der Waals surface area contributed by atoms with Crippen LogP contribution in [0.1, 0.15) is 19.8 Å². The second-order valence-electron chi connectivity index (χ2n) is 7.39. The van der Waals surface area contributed by atoms with Crippen LogP contribution in [0.3, 0.4) is 0 Å². The largest absolute Gasteiger partial charge is 0.376 e. The highest BCUT2D eigenvalue weighted by Gasteiger charge is 2.22. The number of anilines is 2. The van der Waals surface area contributed by atoms with Crippen molar-refractivity contribution in [2.75, 3.05) is 58.0 Å². The number of nitrogens with one attached hydrogen (secondary N) is 1. The van der Waals surface area contributed by atoms with Gasteiger partial charge in [-0.3, -0.25) is 9.69 Å². The summed E-state index contributed by atoms with van der Waals surface area (Å²) in [6, 6.07) is 4.81. The molecule has 0 aromatic heterocycles. The molecule has 0 bridgehead atoms. The minimum Gasteiger partial charge on any atom is -0.376 e. The van der Waals surface area contributed by atoms with E-state index in [4.69, 9.17) is 0 Å². The Morgan fingerprint density at radius 1 is 1.27 bits per heavy atom. The first kappa shape index (κ1) is 20.7. The van der Waals surface area contributed by atoms with Crippen molar-refractivity contribution in [2.24, 2.45) is 5.92 Å². The Labute approximate surface area is 157 Å². The third-order valence-corrected chi connectivity index (χ3v) is 6.42. The lowest BCUT2D eigenvalue weighted by atomic mass is 10.0. The maximum absolute atomic E-state index is 12.5. The number of amides is 1. The number of piperidine rings is 1. The molecule has 1 N–H and O–H groups in total. The highest BCUT2D eigenvalue weighted by Crippen LogP contribution is 2.28. The van der Waals surface area contributed by atoms with E-state index in [1.165, 1.54) is 30.9 Å². The van der Waals surface area contributed by atoms with Crippen LogP contribution in [0.15, 0.2) is 23.1 Å². The van der Waals surface area contributed by atoms with E-state index in [0.29, 0.717) is 18.2 Å². The van der Waals surface area contributed by atoms with Gasteiger partial charge < -0.3 is 10.2 Å². The van der Waals surface area contributed by atoms with Gasteiger partial charge in [0, 0.05) is 34.7 Å². The fourth-order valence-corrected chi connectivity index (χ4v) is 4.13. The molecule has 146 valence electrons. The predicted octanol–water partition coefficient (Wildman–Crippen LogP) is 1.67. The van der Waals surface area contributed by atoms with Gasteiger partial charge in [-0.2, -0.15) is 0 Å². The molecule has 8 heteroatoms. The number of nitrogens with zero attached hydrogens (tertiary/aromatic N) is 3. The lowest BCUT2D eigenvalue weighted by Gasteiger charge is -2.30. The third-order valence-electron chi connectivity index (χ3n) is 4.61. The molecule has 1 aliphatic rings. The van der Waals surface area contributed by atoms with Crippen molar-refractivity contribution < 1.29 is 13.2 Å². The van der Waals surface area contributed by atoms with Crippen LogP contribution in [0.2, 0.25) is 0 Å². The Kier molecular flexibility index (Phi) is 6.65. The summed E-state index contributed by atoms with van der Waals surface area (Å²) in [6.07, 6.45) is 2.31. The maximum atomic E-state index is 12.5. The molecule has 26 heavy (non-hydrogen) atoms. The summed E-state index contributed by atoms with van der Waals surface area (Å²) >= 11 is 0.